The van der Waals surface area contributed by atoms with Gasteiger partial charge < -0.3 is 10.4 Å². The number of rotatable bonds is 6. The van der Waals surface area contributed by atoms with Gasteiger partial charge in [-0.1, -0.05) is 71.7 Å². The lowest BCUT2D eigenvalue weighted by atomic mass is 10.0. The van der Waals surface area contributed by atoms with E-state index in [0.717, 1.165) is 11.1 Å². The molecule has 0 aliphatic rings. The summed E-state index contributed by atoms with van der Waals surface area (Å²) in [4.78, 5) is 24.1. The van der Waals surface area contributed by atoms with Crippen molar-refractivity contribution in [3.8, 4) is 11.1 Å². The molecule has 3 aromatic carbocycles. The molecule has 4 nitrogen and oxygen atoms in total. The Balaban J connectivity index is 1.73. The van der Waals surface area contributed by atoms with Crippen LogP contribution in [0.1, 0.15) is 15.9 Å². The molecule has 0 aliphatic heterocycles. The van der Waals surface area contributed by atoms with Crippen LogP contribution in [0.15, 0.2) is 72.8 Å². The second kappa shape index (κ2) is 8.91. The molecular formula is C22H17Cl2NO3. The number of aliphatic carboxylic acids is 1. The van der Waals surface area contributed by atoms with Crippen molar-refractivity contribution in [2.24, 2.45) is 0 Å². The minimum atomic E-state index is -1.14. The van der Waals surface area contributed by atoms with Crippen LogP contribution >= 0.6 is 23.2 Å². The molecule has 3 aromatic rings. The molecule has 2 N–H and O–H groups in total. The number of hydrogen-bond acceptors (Lipinski definition) is 2. The predicted molar refractivity (Wildman–Crippen MR) is 111 cm³/mol. The summed E-state index contributed by atoms with van der Waals surface area (Å²) in [5, 5.41) is 12.9. The molecule has 0 radical (unpaired) electrons. The molecule has 0 bridgehead atoms. The molecule has 0 saturated heterocycles. The van der Waals surface area contributed by atoms with Gasteiger partial charge in [0.15, 0.2) is 0 Å². The molecule has 0 fully saturated rings. The average molecular weight is 414 g/mol. The molecule has 3 rings (SSSR count). The van der Waals surface area contributed by atoms with Crippen molar-refractivity contribution in [3.05, 3.63) is 94.0 Å². The van der Waals surface area contributed by atoms with Crippen LogP contribution < -0.4 is 5.32 Å². The molecule has 0 heterocycles. The number of carbonyl (C=O) groups is 2. The molecule has 0 aromatic heterocycles. The Morgan fingerprint density at radius 1 is 0.893 bits per heavy atom. The molecule has 6 heteroatoms. The number of benzene rings is 3. The van der Waals surface area contributed by atoms with Crippen LogP contribution in [-0.4, -0.2) is 23.0 Å². The summed E-state index contributed by atoms with van der Waals surface area (Å²) >= 11 is 12.0. The summed E-state index contributed by atoms with van der Waals surface area (Å²) in [5.74, 6) is -1.60. The van der Waals surface area contributed by atoms with E-state index >= 15 is 0 Å². The fourth-order valence-electron chi connectivity index (χ4n) is 2.79. The van der Waals surface area contributed by atoms with E-state index in [2.05, 4.69) is 5.32 Å². The quantitative estimate of drug-likeness (QED) is 0.591. The lowest BCUT2D eigenvalue weighted by molar-refractivity contribution is -0.139. The first-order chi connectivity index (χ1) is 13.4. The van der Waals surface area contributed by atoms with E-state index in [0.29, 0.717) is 21.2 Å². The number of nitrogens with one attached hydrogen (secondary N) is 1. The molecule has 0 spiro atoms. The zero-order chi connectivity index (χ0) is 20.1. The van der Waals surface area contributed by atoms with E-state index in [1.165, 1.54) is 0 Å². The fourth-order valence-corrected chi connectivity index (χ4v) is 3.28. The summed E-state index contributed by atoms with van der Waals surface area (Å²) in [6.45, 7) is 0. The average Bonchev–Trinajstić information content (AvgIpc) is 2.70. The first-order valence-corrected chi connectivity index (χ1v) is 9.32. The molecule has 1 amide bonds. The van der Waals surface area contributed by atoms with Crippen LogP contribution in [0, 0.1) is 0 Å². The summed E-state index contributed by atoms with van der Waals surface area (Å²) < 4.78 is 0. The van der Waals surface area contributed by atoms with Gasteiger partial charge in [0.25, 0.3) is 5.91 Å². The highest BCUT2D eigenvalue weighted by Gasteiger charge is 2.22. The van der Waals surface area contributed by atoms with Gasteiger partial charge in [0, 0.05) is 22.0 Å². The van der Waals surface area contributed by atoms with Crippen LogP contribution in [-0.2, 0) is 11.2 Å². The van der Waals surface area contributed by atoms with Gasteiger partial charge in [-0.2, -0.15) is 0 Å². The van der Waals surface area contributed by atoms with E-state index in [-0.39, 0.29) is 6.42 Å². The van der Waals surface area contributed by atoms with Crippen molar-refractivity contribution >= 4 is 35.1 Å². The van der Waals surface area contributed by atoms with Gasteiger partial charge in [0.05, 0.1) is 0 Å². The van der Waals surface area contributed by atoms with Gasteiger partial charge in [-0.15, -0.1) is 0 Å². The second-order valence-electron chi connectivity index (χ2n) is 6.25. The smallest absolute Gasteiger partial charge is 0.326 e. The molecule has 1 atom stereocenters. The highest BCUT2D eigenvalue weighted by atomic mass is 35.5. The first-order valence-electron chi connectivity index (χ1n) is 8.57. The van der Waals surface area contributed by atoms with Crippen molar-refractivity contribution in [2.45, 2.75) is 12.5 Å². The highest BCUT2D eigenvalue weighted by molar-refractivity contribution is 6.35. The van der Waals surface area contributed by atoms with Gasteiger partial charge in [-0.05, 0) is 41.0 Å². The van der Waals surface area contributed by atoms with E-state index < -0.39 is 17.9 Å². The van der Waals surface area contributed by atoms with Gasteiger partial charge >= 0.3 is 5.97 Å². The van der Waals surface area contributed by atoms with Crippen LogP contribution in [0.25, 0.3) is 11.1 Å². The van der Waals surface area contributed by atoms with Crippen LogP contribution in [0.3, 0.4) is 0 Å². The van der Waals surface area contributed by atoms with E-state index in [1.807, 2.05) is 42.5 Å². The Hall–Kier alpha value is -2.82. The summed E-state index contributed by atoms with van der Waals surface area (Å²) in [6, 6.07) is 20.5. The van der Waals surface area contributed by atoms with Crippen molar-refractivity contribution in [3.63, 3.8) is 0 Å². The van der Waals surface area contributed by atoms with E-state index in [1.54, 1.807) is 30.3 Å². The van der Waals surface area contributed by atoms with Gasteiger partial charge in [-0.3, -0.25) is 4.79 Å². The predicted octanol–water partition coefficient (Wildman–Crippen LogP) is 5.09. The summed E-state index contributed by atoms with van der Waals surface area (Å²) in [6.07, 6.45) is 0.0547. The standard InChI is InChI=1S/C22H17Cl2NO3/c23-18-11-10-17(19(24)13-18)12-20(22(27)28)25-21(26)16-8-6-15(7-9-16)14-4-2-1-3-5-14/h1-11,13,20H,12H2,(H,25,26)(H,27,28)/t20-/m1/s1. The topological polar surface area (TPSA) is 66.4 Å². The van der Waals surface area contributed by atoms with Gasteiger partial charge in [0.1, 0.15) is 6.04 Å². The largest absolute Gasteiger partial charge is 0.480 e. The number of amides is 1. The van der Waals surface area contributed by atoms with Crippen molar-refractivity contribution < 1.29 is 14.7 Å². The highest BCUT2D eigenvalue weighted by Crippen LogP contribution is 2.23. The second-order valence-corrected chi connectivity index (χ2v) is 7.09. The minimum Gasteiger partial charge on any atom is -0.480 e. The molecule has 0 unspecified atom stereocenters. The lowest BCUT2D eigenvalue weighted by Gasteiger charge is -2.16. The van der Waals surface area contributed by atoms with E-state index in [4.69, 9.17) is 23.2 Å². The number of carboxylic acids is 1. The zero-order valence-electron chi connectivity index (χ0n) is 14.7. The number of halogens is 2. The SMILES string of the molecule is O=C(N[C@H](Cc1ccc(Cl)cc1Cl)C(=O)O)c1ccc(-c2ccccc2)cc1. The number of carbonyl (C=O) groups excluding carboxylic acids is 1. The van der Waals surface area contributed by atoms with Crippen LogP contribution in [0.4, 0.5) is 0 Å². The van der Waals surface area contributed by atoms with E-state index in [9.17, 15) is 14.7 Å². The Morgan fingerprint density at radius 3 is 2.14 bits per heavy atom. The third kappa shape index (κ3) is 4.91. The van der Waals surface area contributed by atoms with Crippen molar-refractivity contribution in [2.75, 3.05) is 0 Å². The maximum atomic E-state index is 12.5. The molecule has 0 saturated carbocycles. The van der Waals surface area contributed by atoms with Crippen molar-refractivity contribution in [1.82, 2.24) is 5.32 Å². The summed E-state index contributed by atoms with van der Waals surface area (Å²) in [5.41, 5.74) is 2.99. The third-order valence-electron chi connectivity index (χ3n) is 4.30. The molecule has 28 heavy (non-hydrogen) atoms. The summed E-state index contributed by atoms with van der Waals surface area (Å²) in [7, 11) is 0. The Kier molecular flexibility index (Phi) is 6.34. The molecule has 0 aliphatic carbocycles. The fraction of sp³-hybridized carbons (Fsp3) is 0.0909. The normalized spacial score (nSPS) is 11.6. The Bertz CT molecular complexity index is 988. The zero-order valence-corrected chi connectivity index (χ0v) is 16.2. The Morgan fingerprint density at radius 2 is 1.54 bits per heavy atom. The lowest BCUT2D eigenvalue weighted by Crippen LogP contribution is -2.42. The monoisotopic (exact) mass is 413 g/mol. The van der Waals surface area contributed by atoms with Crippen LogP contribution in [0.2, 0.25) is 10.0 Å². The number of hydrogen-bond donors (Lipinski definition) is 2. The third-order valence-corrected chi connectivity index (χ3v) is 4.88. The Labute approximate surface area is 172 Å². The van der Waals surface area contributed by atoms with Crippen LogP contribution in [0.5, 0.6) is 0 Å². The van der Waals surface area contributed by atoms with Gasteiger partial charge in [-0.25, -0.2) is 4.79 Å². The van der Waals surface area contributed by atoms with Crippen molar-refractivity contribution in [1.29, 1.82) is 0 Å². The maximum absolute atomic E-state index is 12.5. The minimum absolute atomic E-state index is 0.0547. The molecule has 142 valence electrons. The maximum Gasteiger partial charge on any atom is 0.326 e. The number of carboxylic acid groups (broad SMARTS) is 1. The molecular weight excluding hydrogens is 397 g/mol. The van der Waals surface area contributed by atoms with Gasteiger partial charge in [0.2, 0.25) is 0 Å². The first kappa shape index (κ1) is 19.9.